The Labute approximate surface area is 309 Å². The second kappa shape index (κ2) is 29.6. The summed E-state index contributed by atoms with van der Waals surface area (Å²) in [6, 6.07) is 12.2. The van der Waals surface area contributed by atoms with E-state index in [4.69, 9.17) is 13.9 Å². The Morgan fingerprint density at radius 1 is 0.739 bits per heavy atom. The summed E-state index contributed by atoms with van der Waals surface area (Å²) >= 11 is 5.35. The normalized spacial score (nSPS) is 13.5. The monoisotopic (exact) mass is 822 g/mol. The van der Waals surface area contributed by atoms with Crippen molar-refractivity contribution in [1.82, 2.24) is 0 Å². The largest absolute Gasteiger partial charge is 2.00 e. The van der Waals surface area contributed by atoms with Crippen LogP contribution in [0.25, 0.3) is 0 Å². The molecule has 2 aromatic carbocycles. The summed E-state index contributed by atoms with van der Waals surface area (Å²) in [5.41, 5.74) is 0.523. The molecule has 3 atom stereocenters. The van der Waals surface area contributed by atoms with Crippen molar-refractivity contribution in [1.29, 1.82) is 0 Å². The quantitative estimate of drug-likeness (QED) is 0.0477. The van der Waals surface area contributed by atoms with E-state index in [0.717, 1.165) is 9.79 Å². The molecule has 0 heterocycles. The first kappa shape index (κ1) is 55.1. The van der Waals surface area contributed by atoms with Gasteiger partial charge in [0.05, 0.1) is 35.2 Å². The van der Waals surface area contributed by atoms with E-state index in [1.165, 1.54) is 36.0 Å². The maximum absolute atomic E-state index is 11.8. The summed E-state index contributed by atoms with van der Waals surface area (Å²) in [6.07, 6.45) is 0.835. The van der Waals surface area contributed by atoms with Crippen molar-refractivity contribution in [2.45, 2.75) is 44.4 Å². The predicted octanol–water partition coefficient (Wildman–Crippen LogP) is 5.72. The van der Waals surface area contributed by atoms with Crippen LogP contribution in [0, 0.1) is 27.7 Å². The summed E-state index contributed by atoms with van der Waals surface area (Å²) in [7, 11) is -7.91. The molecule has 0 radical (unpaired) electrons. The van der Waals surface area contributed by atoms with Gasteiger partial charge in [-0.15, -0.1) is 24.4 Å². The zero-order valence-corrected chi connectivity index (χ0v) is 35.0. The van der Waals surface area contributed by atoms with Crippen LogP contribution in [0.1, 0.15) is 34.6 Å². The SMILES string of the molecule is CCOP(=O)(O)CC.CCOP(C)(=O)CC.CCOP(C)(=O)CSc1ccc([N+](=O)[O-])cc1.O=[N+]([O-])c1ccc(S)cc1.[Br-].[CH3-].[Mg+2]. The molecular weight excluding hydrogens is 778 g/mol. The van der Waals surface area contributed by atoms with Crippen LogP contribution in [0.3, 0.4) is 0 Å². The molecule has 262 valence electrons. The standard InChI is InChI=1S/C10H14NO4PS.C6H5NO2S.C5H13O2P.C4H11O3P.CH3.BrH.Mg/c1-3-15-16(2,14)8-17-10-6-4-9(5-7-10)11(12)13;8-7(9)5-1-3-6(10)4-2-5;1-4-7-8(3,6)5-2;1-3-7-8(5,6)4-2;;;/h4-7H,3,8H2,1-2H3;1-4,10H;4-5H2,1-3H3;3-4H2,1-2H3,(H,5,6);1H3;1H;/q;;;;-1;;+2/p-1. The van der Waals surface area contributed by atoms with Crippen LogP contribution >= 0.6 is 46.7 Å². The van der Waals surface area contributed by atoms with Crippen molar-refractivity contribution >= 4 is 81.2 Å². The number of rotatable bonds is 13. The van der Waals surface area contributed by atoms with E-state index in [9.17, 15) is 33.9 Å². The third-order valence-electron chi connectivity index (χ3n) is 4.68. The van der Waals surface area contributed by atoms with E-state index < -0.39 is 32.2 Å². The molecule has 0 aliphatic carbocycles. The van der Waals surface area contributed by atoms with Crippen molar-refractivity contribution < 1.29 is 59.0 Å². The molecule has 0 fully saturated rings. The summed E-state index contributed by atoms with van der Waals surface area (Å²) in [5.74, 6) is 0. The molecule has 0 aliphatic rings. The maximum atomic E-state index is 11.8. The molecule has 0 saturated carbocycles. The molecule has 3 unspecified atom stereocenters. The van der Waals surface area contributed by atoms with Crippen LogP contribution in [0.5, 0.6) is 0 Å². The zero-order chi connectivity index (χ0) is 33.7. The third-order valence-corrected chi connectivity index (χ3v) is 12.2. The number of hydrogen-bond donors (Lipinski definition) is 2. The minimum atomic E-state index is -3.17. The summed E-state index contributed by atoms with van der Waals surface area (Å²) in [6.45, 7) is 13.4. The molecule has 0 amide bonds. The molecular formula is C26H46BrMgN2O11P3S2. The van der Waals surface area contributed by atoms with Gasteiger partial charge in [0.25, 0.3) is 11.4 Å². The Balaban J connectivity index is -0.000000168. The second-order valence-electron chi connectivity index (χ2n) is 8.35. The first-order chi connectivity index (χ1) is 19.9. The van der Waals surface area contributed by atoms with Crippen molar-refractivity contribution in [2.75, 3.05) is 51.0 Å². The predicted molar refractivity (Wildman–Crippen MR) is 189 cm³/mol. The number of non-ortho nitro benzene ring substituents is 2. The number of nitro benzene ring substituents is 2. The Kier molecular flexibility index (Phi) is 35.5. The van der Waals surface area contributed by atoms with E-state index in [1.54, 1.807) is 58.4 Å². The fraction of sp³-hybridized carbons (Fsp3) is 0.500. The average Bonchev–Trinajstić information content (AvgIpc) is 2.93. The number of benzene rings is 2. The van der Waals surface area contributed by atoms with Gasteiger partial charge in [0.1, 0.15) is 0 Å². The molecule has 13 nitrogen and oxygen atoms in total. The molecule has 2 rings (SSSR count). The molecule has 0 saturated heterocycles. The van der Waals surface area contributed by atoms with Gasteiger partial charge in [-0.1, -0.05) is 13.8 Å². The van der Waals surface area contributed by atoms with Gasteiger partial charge in [0.15, 0.2) is 7.37 Å². The Bertz CT molecular complexity index is 1220. The molecule has 2 aromatic rings. The fourth-order valence-electron chi connectivity index (χ4n) is 2.40. The van der Waals surface area contributed by atoms with E-state index in [0.29, 0.717) is 31.5 Å². The molecule has 1 N–H and O–H groups in total. The van der Waals surface area contributed by atoms with Crippen molar-refractivity contribution in [3.05, 3.63) is 76.2 Å². The number of thioether (sulfide) groups is 1. The molecule has 46 heavy (non-hydrogen) atoms. The Morgan fingerprint density at radius 2 is 1.11 bits per heavy atom. The van der Waals surface area contributed by atoms with Crippen LogP contribution in [0.4, 0.5) is 11.4 Å². The first-order valence-electron chi connectivity index (χ1n) is 13.1. The number of halogens is 1. The number of nitrogens with zero attached hydrogens (tertiary/aromatic N) is 2. The topological polar surface area (TPSA) is 185 Å². The van der Waals surface area contributed by atoms with Gasteiger partial charge in [0, 0.05) is 59.7 Å². The van der Waals surface area contributed by atoms with Crippen LogP contribution < -0.4 is 17.0 Å². The van der Waals surface area contributed by atoms with Crippen molar-refractivity contribution in [3.8, 4) is 0 Å². The molecule has 0 bridgehead atoms. The number of hydrogen-bond acceptors (Lipinski definition) is 12. The van der Waals surface area contributed by atoms with Gasteiger partial charge in [-0.2, -0.15) is 0 Å². The van der Waals surface area contributed by atoms with Gasteiger partial charge in [-0.25, -0.2) is 0 Å². The van der Waals surface area contributed by atoms with Crippen LogP contribution in [0.15, 0.2) is 58.3 Å². The fourth-order valence-corrected chi connectivity index (χ4v) is 6.57. The van der Waals surface area contributed by atoms with E-state index in [1.807, 2.05) is 13.8 Å². The van der Waals surface area contributed by atoms with Crippen LogP contribution in [-0.2, 0) is 27.3 Å². The summed E-state index contributed by atoms with van der Waals surface area (Å²) in [5, 5.41) is 20.5. The minimum Gasteiger partial charge on any atom is -1.00 e. The molecule has 0 aromatic heterocycles. The maximum Gasteiger partial charge on any atom is 2.00 e. The van der Waals surface area contributed by atoms with Gasteiger partial charge in [0.2, 0.25) is 7.37 Å². The van der Waals surface area contributed by atoms with E-state index in [-0.39, 0.29) is 65.0 Å². The second-order valence-corrected chi connectivity index (χ2v) is 18.0. The summed E-state index contributed by atoms with van der Waals surface area (Å²) < 4.78 is 47.9. The van der Waals surface area contributed by atoms with Gasteiger partial charge in [-0.3, -0.25) is 33.9 Å². The average molecular weight is 824 g/mol. The van der Waals surface area contributed by atoms with E-state index >= 15 is 0 Å². The molecule has 0 spiro atoms. The summed E-state index contributed by atoms with van der Waals surface area (Å²) in [4.78, 5) is 29.9. The number of thiol groups is 1. The third kappa shape index (κ3) is 29.8. The van der Waals surface area contributed by atoms with E-state index in [2.05, 4.69) is 17.2 Å². The van der Waals surface area contributed by atoms with Gasteiger partial charge in [-0.05, 0) is 45.0 Å². The number of nitro groups is 2. The first-order valence-corrected chi connectivity index (χ1v) is 20.8. The van der Waals surface area contributed by atoms with Crippen LogP contribution in [-0.4, -0.2) is 88.8 Å². The zero-order valence-electron chi connectivity index (χ0n) is 27.6. The molecule has 20 heteroatoms. The van der Waals surface area contributed by atoms with Crippen molar-refractivity contribution in [2.24, 2.45) is 0 Å². The Morgan fingerprint density at radius 3 is 1.39 bits per heavy atom. The van der Waals surface area contributed by atoms with Gasteiger partial charge < -0.3 is 42.9 Å². The van der Waals surface area contributed by atoms with Crippen molar-refractivity contribution in [3.63, 3.8) is 0 Å². The van der Waals surface area contributed by atoms with Crippen LogP contribution in [0.2, 0.25) is 0 Å². The minimum absolute atomic E-state index is 0. The Hall–Kier alpha value is -0.284. The smallest absolute Gasteiger partial charge is 1.00 e. The molecule has 0 aliphatic heterocycles. The van der Waals surface area contributed by atoms with Gasteiger partial charge >= 0.3 is 30.6 Å².